The number of halogens is 2. The molecule has 0 unspecified atom stereocenters. The molecular formula is C16H24ClIN6O. The summed E-state index contributed by atoms with van der Waals surface area (Å²) in [5.41, 5.74) is 1.01. The first-order valence-electron chi connectivity index (χ1n) is 7.81. The zero-order valence-electron chi connectivity index (χ0n) is 14.6. The van der Waals surface area contributed by atoms with Gasteiger partial charge in [0.25, 0.3) is 0 Å². The first-order chi connectivity index (χ1) is 11.7. The summed E-state index contributed by atoms with van der Waals surface area (Å²) in [6, 6.07) is 5.58. The molecule has 0 bridgehead atoms. The van der Waals surface area contributed by atoms with Crippen LogP contribution in [-0.2, 0) is 19.5 Å². The molecule has 0 fully saturated rings. The number of nitrogens with one attached hydrogen (secondary N) is 2. The molecule has 0 aliphatic heterocycles. The number of rotatable bonds is 7. The molecule has 25 heavy (non-hydrogen) atoms. The molecule has 0 amide bonds. The fourth-order valence-corrected chi connectivity index (χ4v) is 2.46. The van der Waals surface area contributed by atoms with Gasteiger partial charge in [0.05, 0.1) is 7.11 Å². The van der Waals surface area contributed by atoms with Crippen molar-refractivity contribution in [1.82, 2.24) is 25.4 Å². The fourth-order valence-electron chi connectivity index (χ4n) is 2.30. The van der Waals surface area contributed by atoms with Crippen LogP contribution in [0.25, 0.3) is 0 Å². The maximum absolute atomic E-state index is 5.98. The summed E-state index contributed by atoms with van der Waals surface area (Å²) in [4.78, 5) is 4.22. The van der Waals surface area contributed by atoms with E-state index in [1.807, 2.05) is 16.7 Å². The van der Waals surface area contributed by atoms with Crippen LogP contribution in [0.15, 0.2) is 29.5 Å². The molecule has 138 valence electrons. The Morgan fingerprint density at radius 1 is 1.36 bits per heavy atom. The van der Waals surface area contributed by atoms with Crippen molar-refractivity contribution in [2.45, 2.75) is 26.4 Å². The molecule has 0 radical (unpaired) electrons. The van der Waals surface area contributed by atoms with Crippen molar-refractivity contribution in [3.63, 3.8) is 0 Å². The van der Waals surface area contributed by atoms with E-state index >= 15 is 0 Å². The lowest BCUT2D eigenvalue weighted by Gasteiger charge is -2.14. The van der Waals surface area contributed by atoms with E-state index in [0.29, 0.717) is 11.6 Å². The van der Waals surface area contributed by atoms with Gasteiger partial charge in [-0.25, -0.2) is 0 Å². The van der Waals surface area contributed by atoms with Crippen molar-refractivity contribution >= 4 is 41.5 Å². The number of ether oxygens (including phenoxy) is 1. The molecule has 7 nitrogen and oxygen atoms in total. The molecule has 2 N–H and O–H groups in total. The molecule has 1 aromatic heterocycles. The number of hydrogen-bond acceptors (Lipinski definition) is 4. The number of hydrogen-bond donors (Lipinski definition) is 2. The van der Waals surface area contributed by atoms with E-state index in [0.717, 1.165) is 42.6 Å². The first kappa shape index (κ1) is 21.5. The van der Waals surface area contributed by atoms with Crippen LogP contribution in [0.5, 0.6) is 5.75 Å². The zero-order chi connectivity index (χ0) is 17.4. The molecule has 2 rings (SSSR count). The Hall–Kier alpha value is -1.55. The van der Waals surface area contributed by atoms with Crippen molar-refractivity contribution in [3.05, 3.63) is 40.9 Å². The van der Waals surface area contributed by atoms with Gasteiger partial charge in [0.15, 0.2) is 5.96 Å². The number of aliphatic imine (C=N–C) groups is 1. The van der Waals surface area contributed by atoms with Crippen LogP contribution in [0.2, 0.25) is 5.02 Å². The molecule has 0 spiro atoms. The Balaban J connectivity index is 0.00000312. The van der Waals surface area contributed by atoms with Crippen LogP contribution in [0.4, 0.5) is 0 Å². The second-order valence-electron chi connectivity index (χ2n) is 5.10. The van der Waals surface area contributed by atoms with Crippen LogP contribution in [0.3, 0.4) is 0 Å². The molecule has 0 aliphatic carbocycles. The van der Waals surface area contributed by atoms with Gasteiger partial charge in [0, 0.05) is 43.7 Å². The lowest BCUT2D eigenvalue weighted by atomic mass is 10.2. The molecule has 0 aliphatic rings. The predicted octanol–water partition coefficient (Wildman–Crippen LogP) is 2.49. The summed E-state index contributed by atoms with van der Waals surface area (Å²) in [5, 5.41) is 15.2. The van der Waals surface area contributed by atoms with E-state index in [-0.39, 0.29) is 24.0 Å². The summed E-state index contributed by atoms with van der Waals surface area (Å²) in [5.74, 6) is 2.45. The van der Waals surface area contributed by atoms with Crippen LogP contribution in [0, 0.1) is 0 Å². The second-order valence-corrected chi connectivity index (χ2v) is 5.54. The van der Waals surface area contributed by atoms with Gasteiger partial charge in [-0.3, -0.25) is 4.99 Å². The van der Waals surface area contributed by atoms with Crippen LogP contribution < -0.4 is 15.4 Å². The number of benzene rings is 1. The monoisotopic (exact) mass is 478 g/mol. The highest BCUT2D eigenvalue weighted by Gasteiger charge is 2.06. The smallest absolute Gasteiger partial charge is 0.191 e. The van der Waals surface area contributed by atoms with Gasteiger partial charge in [-0.15, -0.1) is 34.2 Å². The predicted molar refractivity (Wildman–Crippen MR) is 111 cm³/mol. The van der Waals surface area contributed by atoms with Gasteiger partial charge < -0.3 is 19.9 Å². The SMILES string of the molecule is CCc1nncn1CCNC(=NC)NCc1ccc(Cl)cc1OC.I. The second kappa shape index (κ2) is 11.1. The van der Waals surface area contributed by atoms with E-state index in [1.165, 1.54) is 0 Å². The average Bonchev–Trinajstić information content (AvgIpc) is 3.06. The number of guanidine groups is 1. The van der Waals surface area contributed by atoms with Gasteiger partial charge in [-0.1, -0.05) is 24.6 Å². The van der Waals surface area contributed by atoms with Gasteiger partial charge in [0.1, 0.15) is 17.9 Å². The highest BCUT2D eigenvalue weighted by molar-refractivity contribution is 14.0. The minimum Gasteiger partial charge on any atom is -0.496 e. The zero-order valence-corrected chi connectivity index (χ0v) is 17.7. The van der Waals surface area contributed by atoms with Gasteiger partial charge >= 0.3 is 0 Å². The average molecular weight is 479 g/mol. The number of methoxy groups -OCH3 is 1. The van der Waals surface area contributed by atoms with Crippen LogP contribution in [0.1, 0.15) is 18.3 Å². The molecule has 2 aromatic rings. The Morgan fingerprint density at radius 2 is 2.16 bits per heavy atom. The standard InChI is InChI=1S/C16H23ClN6O.HI/c1-4-15-22-21-11-23(15)8-7-19-16(18-2)20-10-12-5-6-13(17)9-14(12)24-3;/h5-6,9,11H,4,7-8,10H2,1-3H3,(H2,18,19,20);1H. The topological polar surface area (TPSA) is 76.4 Å². The summed E-state index contributed by atoms with van der Waals surface area (Å²) in [7, 11) is 3.37. The Morgan fingerprint density at radius 3 is 2.84 bits per heavy atom. The number of nitrogens with zero attached hydrogens (tertiary/aromatic N) is 4. The third kappa shape index (κ3) is 6.35. The summed E-state index contributed by atoms with van der Waals surface area (Å²) < 4.78 is 7.38. The Kier molecular flexibility index (Phi) is 9.58. The third-order valence-electron chi connectivity index (χ3n) is 3.58. The van der Waals surface area contributed by atoms with Crippen molar-refractivity contribution in [2.24, 2.45) is 4.99 Å². The Labute approximate surface area is 170 Å². The van der Waals surface area contributed by atoms with Crippen molar-refractivity contribution < 1.29 is 4.74 Å². The van der Waals surface area contributed by atoms with Crippen LogP contribution in [-0.4, -0.2) is 41.4 Å². The number of aromatic nitrogens is 3. The molecule has 0 saturated carbocycles. The molecule has 0 saturated heterocycles. The van der Waals surface area contributed by atoms with Crippen molar-refractivity contribution in [3.8, 4) is 5.75 Å². The van der Waals surface area contributed by atoms with Crippen molar-refractivity contribution in [2.75, 3.05) is 20.7 Å². The van der Waals surface area contributed by atoms with E-state index in [2.05, 4.69) is 32.7 Å². The summed E-state index contributed by atoms with van der Waals surface area (Å²) in [6.45, 7) is 4.16. The third-order valence-corrected chi connectivity index (χ3v) is 3.81. The fraction of sp³-hybridized carbons (Fsp3) is 0.438. The lowest BCUT2D eigenvalue weighted by molar-refractivity contribution is 0.409. The van der Waals surface area contributed by atoms with E-state index in [1.54, 1.807) is 26.6 Å². The highest BCUT2D eigenvalue weighted by atomic mass is 127. The molecule has 1 heterocycles. The molecule has 0 atom stereocenters. The summed E-state index contributed by atoms with van der Waals surface area (Å²) >= 11 is 5.98. The maximum atomic E-state index is 5.98. The molecule has 1 aromatic carbocycles. The van der Waals surface area contributed by atoms with Gasteiger partial charge in [0.2, 0.25) is 0 Å². The van der Waals surface area contributed by atoms with E-state index in [9.17, 15) is 0 Å². The lowest BCUT2D eigenvalue weighted by Crippen LogP contribution is -2.38. The summed E-state index contributed by atoms with van der Waals surface area (Å²) in [6.07, 6.45) is 2.61. The maximum Gasteiger partial charge on any atom is 0.191 e. The minimum atomic E-state index is 0. The quantitative estimate of drug-likeness (QED) is 0.363. The van der Waals surface area contributed by atoms with E-state index in [4.69, 9.17) is 16.3 Å². The highest BCUT2D eigenvalue weighted by Crippen LogP contribution is 2.22. The Bertz CT molecular complexity index is 691. The van der Waals surface area contributed by atoms with Gasteiger partial charge in [-0.05, 0) is 12.1 Å². The van der Waals surface area contributed by atoms with E-state index < -0.39 is 0 Å². The number of aryl methyl sites for hydroxylation is 1. The molecular weight excluding hydrogens is 455 g/mol. The van der Waals surface area contributed by atoms with Gasteiger partial charge in [-0.2, -0.15) is 0 Å². The van der Waals surface area contributed by atoms with Crippen molar-refractivity contribution in [1.29, 1.82) is 0 Å². The molecule has 9 heteroatoms. The van der Waals surface area contributed by atoms with Crippen LogP contribution >= 0.6 is 35.6 Å². The normalized spacial score (nSPS) is 11.0. The first-order valence-corrected chi connectivity index (χ1v) is 8.19. The largest absolute Gasteiger partial charge is 0.496 e. The minimum absolute atomic E-state index is 0.